The van der Waals surface area contributed by atoms with Crippen LogP contribution in [0, 0.1) is 34.5 Å². The summed E-state index contributed by atoms with van der Waals surface area (Å²) in [6.07, 6.45) is 14.7. The molecule has 1 aromatic rings. The standard InChI is InChI=1S/C27H38BrNO2/c1-25-12-4-3-5-19(25)6-8-21-22(25)10-13-26(2)23(21)11-14-27(26,31)17-29-16-18-15-20(28)7-9-24(18)30/h7,9,15-16,19,21-23,30-31H,3-6,8,10-14,17H2,1-2H3/b29-16+/t19?,21?,22?,23?,25-,26-,27?/m0/s1. The maximum atomic E-state index is 11.8. The largest absolute Gasteiger partial charge is 0.507 e. The molecule has 0 saturated heterocycles. The van der Waals surface area contributed by atoms with E-state index in [9.17, 15) is 10.2 Å². The number of halogens is 1. The molecule has 170 valence electrons. The molecule has 4 heteroatoms. The molecule has 5 unspecified atom stereocenters. The molecule has 0 radical (unpaired) electrons. The Morgan fingerprint density at radius 1 is 1.03 bits per heavy atom. The first kappa shape index (κ1) is 21.9. The van der Waals surface area contributed by atoms with Gasteiger partial charge in [0, 0.05) is 21.7 Å². The van der Waals surface area contributed by atoms with Crippen molar-refractivity contribution >= 4 is 22.1 Å². The Morgan fingerprint density at radius 3 is 2.68 bits per heavy atom. The smallest absolute Gasteiger partial charge is 0.124 e. The van der Waals surface area contributed by atoms with Crippen molar-refractivity contribution in [1.29, 1.82) is 0 Å². The van der Waals surface area contributed by atoms with Crippen LogP contribution in [0.25, 0.3) is 0 Å². The topological polar surface area (TPSA) is 52.8 Å². The molecule has 2 N–H and O–H groups in total. The van der Waals surface area contributed by atoms with Gasteiger partial charge in [-0.3, -0.25) is 4.99 Å². The van der Waals surface area contributed by atoms with Gasteiger partial charge in [-0.25, -0.2) is 0 Å². The van der Waals surface area contributed by atoms with Crippen LogP contribution >= 0.6 is 15.9 Å². The summed E-state index contributed by atoms with van der Waals surface area (Å²) < 4.78 is 0.920. The highest BCUT2D eigenvalue weighted by molar-refractivity contribution is 9.10. The van der Waals surface area contributed by atoms with E-state index in [2.05, 4.69) is 34.8 Å². The lowest BCUT2D eigenvalue weighted by Gasteiger charge is -2.61. The SMILES string of the molecule is C[C@]12CCCCC1CCC1C2CC[C@@]2(C)C1CCC2(O)C/N=C/c1cc(Br)ccc1O. The summed E-state index contributed by atoms with van der Waals surface area (Å²) in [6.45, 7) is 5.41. The molecule has 0 spiro atoms. The van der Waals surface area contributed by atoms with Crippen LogP contribution in [0.1, 0.15) is 83.6 Å². The van der Waals surface area contributed by atoms with Crippen LogP contribution in [0.15, 0.2) is 27.7 Å². The normalized spacial score (nSPS) is 44.6. The van der Waals surface area contributed by atoms with Gasteiger partial charge >= 0.3 is 0 Å². The molecule has 31 heavy (non-hydrogen) atoms. The number of rotatable bonds is 3. The van der Waals surface area contributed by atoms with Crippen molar-refractivity contribution in [1.82, 2.24) is 0 Å². The number of benzene rings is 1. The van der Waals surface area contributed by atoms with Gasteiger partial charge in [-0.05, 0) is 98.7 Å². The van der Waals surface area contributed by atoms with E-state index < -0.39 is 5.60 Å². The number of phenolic OH excluding ortho intramolecular Hbond substituents is 1. The van der Waals surface area contributed by atoms with Crippen LogP contribution in [0.2, 0.25) is 0 Å². The summed E-state index contributed by atoms with van der Waals surface area (Å²) in [7, 11) is 0. The summed E-state index contributed by atoms with van der Waals surface area (Å²) in [6, 6.07) is 5.37. The van der Waals surface area contributed by atoms with E-state index in [0.717, 1.165) is 41.5 Å². The number of fused-ring (bicyclic) bond motifs is 5. The molecule has 4 saturated carbocycles. The van der Waals surface area contributed by atoms with Crippen molar-refractivity contribution in [2.45, 2.75) is 83.7 Å². The molecule has 0 heterocycles. The molecule has 4 aliphatic rings. The van der Waals surface area contributed by atoms with Gasteiger partial charge in [-0.1, -0.05) is 42.6 Å². The highest BCUT2D eigenvalue weighted by Gasteiger charge is 2.64. The Labute approximate surface area is 195 Å². The lowest BCUT2D eigenvalue weighted by Crippen LogP contribution is -2.56. The molecule has 4 aliphatic carbocycles. The average Bonchev–Trinajstić information content (AvgIpc) is 3.01. The van der Waals surface area contributed by atoms with E-state index in [0.29, 0.717) is 23.4 Å². The van der Waals surface area contributed by atoms with E-state index >= 15 is 0 Å². The molecule has 7 atom stereocenters. The van der Waals surface area contributed by atoms with E-state index in [1.807, 2.05) is 12.1 Å². The summed E-state index contributed by atoms with van der Waals surface area (Å²) in [4.78, 5) is 4.66. The number of hydrogen-bond donors (Lipinski definition) is 2. The maximum Gasteiger partial charge on any atom is 0.124 e. The number of aliphatic hydroxyl groups is 1. The molecule has 0 aromatic heterocycles. The first-order chi connectivity index (χ1) is 14.8. The summed E-state index contributed by atoms with van der Waals surface area (Å²) in [5, 5.41) is 22.0. The van der Waals surface area contributed by atoms with Gasteiger partial charge in [-0.15, -0.1) is 0 Å². The Kier molecular flexibility index (Phi) is 5.57. The third kappa shape index (κ3) is 3.42. The van der Waals surface area contributed by atoms with Crippen molar-refractivity contribution in [2.24, 2.45) is 39.5 Å². The maximum absolute atomic E-state index is 11.8. The van der Waals surface area contributed by atoms with Gasteiger partial charge in [0.1, 0.15) is 5.75 Å². The number of nitrogens with zero attached hydrogens (tertiary/aromatic N) is 1. The molecular weight excluding hydrogens is 450 g/mol. The molecule has 4 fully saturated rings. The Balaban J connectivity index is 1.35. The Morgan fingerprint density at radius 2 is 1.84 bits per heavy atom. The van der Waals surface area contributed by atoms with Gasteiger partial charge in [0.15, 0.2) is 0 Å². The first-order valence-electron chi connectivity index (χ1n) is 12.5. The minimum Gasteiger partial charge on any atom is -0.507 e. The zero-order valence-corrected chi connectivity index (χ0v) is 20.7. The summed E-state index contributed by atoms with van der Waals surface area (Å²) in [5.74, 6) is 3.44. The van der Waals surface area contributed by atoms with E-state index in [-0.39, 0.29) is 11.2 Å². The van der Waals surface area contributed by atoms with Crippen LogP contribution in [0.4, 0.5) is 0 Å². The predicted octanol–water partition coefficient (Wildman–Crippen LogP) is 6.74. The minimum absolute atomic E-state index is 0.0390. The molecule has 0 amide bonds. The van der Waals surface area contributed by atoms with Crippen molar-refractivity contribution in [3.05, 3.63) is 28.2 Å². The quantitative estimate of drug-likeness (QED) is 0.463. The van der Waals surface area contributed by atoms with Crippen LogP contribution in [0.5, 0.6) is 5.75 Å². The van der Waals surface area contributed by atoms with Gasteiger partial charge in [-0.2, -0.15) is 0 Å². The average molecular weight is 489 g/mol. The fourth-order valence-electron chi connectivity index (χ4n) is 8.59. The number of phenols is 1. The monoisotopic (exact) mass is 487 g/mol. The van der Waals surface area contributed by atoms with E-state index in [4.69, 9.17) is 0 Å². The fraction of sp³-hybridized carbons (Fsp3) is 0.741. The van der Waals surface area contributed by atoms with Gasteiger partial charge in [0.2, 0.25) is 0 Å². The van der Waals surface area contributed by atoms with Gasteiger partial charge < -0.3 is 10.2 Å². The van der Waals surface area contributed by atoms with Gasteiger partial charge in [0.05, 0.1) is 12.1 Å². The molecule has 0 aliphatic heterocycles. The van der Waals surface area contributed by atoms with Crippen molar-refractivity contribution in [3.8, 4) is 5.75 Å². The molecule has 1 aromatic carbocycles. The van der Waals surface area contributed by atoms with E-state index in [1.165, 1.54) is 44.9 Å². The zero-order valence-electron chi connectivity index (χ0n) is 19.1. The number of aromatic hydroxyl groups is 1. The second-order valence-electron chi connectivity index (χ2n) is 11.6. The van der Waals surface area contributed by atoms with Crippen molar-refractivity contribution in [3.63, 3.8) is 0 Å². The fourth-order valence-corrected chi connectivity index (χ4v) is 8.97. The summed E-state index contributed by atoms with van der Waals surface area (Å²) in [5.41, 5.74) is 0.470. The first-order valence-corrected chi connectivity index (χ1v) is 13.3. The van der Waals surface area contributed by atoms with Crippen LogP contribution in [0.3, 0.4) is 0 Å². The number of hydrogen-bond acceptors (Lipinski definition) is 3. The third-order valence-electron chi connectivity index (χ3n) is 10.5. The Hall–Kier alpha value is -0.870. The van der Waals surface area contributed by atoms with Crippen LogP contribution < -0.4 is 0 Å². The zero-order chi connectivity index (χ0) is 21.9. The molecule has 3 nitrogen and oxygen atoms in total. The molecule has 0 bridgehead atoms. The Bertz CT molecular complexity index is 871. The summed E-state index contributed by atoms with van der Waals surface area (Å²) >= 11 is 3.46. The second kappa shape index (κ2) is 7.87. The molecular formula is C27H38BrNO2. The van der Waals surface area contributed by atoms with Crippen LogP contribution in [-0.4, -0.2) is 28.6 Å². The highest BCUT2D eigenvalue weighted by Crippen LogP contribution is 2.68. The lowest BCUT2D eigenvalue weighted by atomic mass is 9.44. The second-order valence-corrected chi connectivity index (χ2v) is 12.5. The van der Waals surface area contributed by atoms with Crippen LogP contribution in [-0.2, 0) is 0 Å². The minimum atomic E-state index is -0.731. The van der Waals surface area contributed by atoms with Crippen molar-refractivity contribution in [2.75, 3.05) is 6.54 Å². The lowest BCUT2D eigenvalue weighted by molar-refractivity contribution is -0.147. The number of aliphatic imine (C=N–C) groups is 1. The highest BCUT2D eigenvalue weighted by atomic mass is 79.9. The third-order valence-corrected chi connectivity index (χ3v) is 11.0. The predicted molar refractivity (Wildman–Crippen MR) is 130 cm³/mol. The van der Waals surface area contributed by atoms with Gasteiger partial charge in [0.25, 0.3) is 0 Å². The van der Waals surface area contributed by atoms with E-state index in [1.54, 1.807) is 12.3 Å². The molecule has 5 rings (SSSR count). The van der Waals surface area contributed by atoms with Crippen molar-refractivity contribution < 1.29 is 10.2 Å².